The number of benzene rings is 3. The van der Waals surface area contributed by atoms with Gasteiger partial charge in [-0.25, -0.2) is 4.98 Å². The Hall–Kier alpha value is -4.17. The van der Waals surface area contributed by atoms with E-state index >= 15 is 0 Å². The Labute approximate surface area is 213 Å². The molecule has 0 unspecified atom stereocenters. The Bertz CT molecular complexity index is 1510. The number of anilines is 2. The fourth-order valence-electron chi connectivity index (χ4n) is 4.53. The first kappa shape index (κ1) is 23.6. The van der Waals surface area contributed by atoms with Crippen molar-refractivity contribution in [2.75, 3.05) is 32.0 Å². The van der Waals surface area contributed by atoms with Crippen LogP contribution in [0, 0.1) is 0 Å². The Morgan fingerprint density at radius 2 is 1.78 bits per heavy atom. The minimum absolute atomic E-state index is 0.307. The fourth-order valence-corrected chi connectivity index (χ4v) is 4.76. The number of ether oxygens (including phenoxy) is 3. The molecule has 1 aliphatic heterocycles. The maximum absolute atomic E-state index is 13.9. The molecule has 1 atom stereocenters. The van der Waals surface area contributed by atoms with E-state index in [1.807, 2.05) is 60.0 Å². The first-order valence-corrected chi connectivity index (χ1v) is 11.6. The molecule has 5 rings (SSSR count). The van der Waals surface area contributed by atoms with Crippen LogP contribution in [0.2, 0.25) is 5.02 Å². The second-order valence-electron chi connectivity index (χ2n) is 8.28. The number of carbonyl (C=O) groups excluding carboxylic acids is 1. The smallest absolute Gasteiger partial charge is 0.255 e. The summed E-state index contributed by atoms with van der Waals surface area (Å²) in [5.74, 6) is 1.89. The van der Waals surface area contributed by atoms with Gasteiger partial charge in [-0.2, -0.15) is 0 Å². The molecule has 0 bridgehead atoms. The zero-order chi connectivity index (χ0) is 25.4. The van der Waals surface area contributed by atoms with Gasteiger partial charge in [0.05, 0.1) is 54.7 Å². The molecule has 3 aromatic carbocycles. The van der Waals surface area contributed by atoms with Crippen molar-refractivity contribution in [3.63, 3.8) is 0 Å². The molecule has 2 N–H and O–H groups in total. The summed E-state index contributed by atoms with van der Waals surface area (Å²) in [6, 6.07) is 18.3. The number of para-hydroxylation sites is 2. The molecule has 0 radical (unpaired) electrons. The minimum Gasteiger partial charge on any atom is -0.497 e. The number of nitrogens with one attached hydrogen (secondary N) is 2. The van der Waals surface area contributed by atoms with E-state index in [-0.39, 0.29) is 5.91 Å². The zero-order valence-electron chi connectivity index (χ0n) is 20.3. The molecule has 4 aromatic rings. The normalized spacial score (nSPS) is 14.8. The Kier molecular flexibility index (Phi) is 6.20. The lowest BCUT2D eigenvalue weighted by atomic mass is 9.94. The first-order chi connectivity index (χ1) is 17.4. The molecule has 9 heteroatoms. The van der Waals surface area contributed by atoms with Crippen molar-refractivity contribution in [3.8, 4) is 17.2 Å². The van der Waals surface area contributed by atoms with Gasteiger partial charge in [-0.3, -0.25) is 9.36 Å². The maximum atomic E-state index is 13.9. The quantitative estimate of drug-likeness (QED) is 0.353. The highest BCUT2D eigenvalue weighted by Gasteiger charge is 2.34. The summed E-state index contributed by atoms with van der Waals surface area (Å²) >= 11 is 6.26. The van der Waals surface area contributed by atoms with Crippen LogP contribution in [0.15, 0.2) is 71.9 Å². The molecule has 2 heterocycles. The number of hydrogen-bond donors (Lipinski definition) is 2. The molecular weight excluding hydrogens is 480 g/mol. The van der Waals surface area contributed by atoms with Gasteiger partial charge in [0.2, 0.25) is 5.95 Å². The summed E-state index contributed by atoms with van der Waals surface area (Å²) in [4.78, 5) is 18.7. The van der Waals surface area contributed by atoms with Crippen LogP contribution in [0.5, 0.6) is 17.2 Å². The number of aromatic nitrogens is 2. The number of hydrogen-bond acceptors (Lipinski definition) is 6. The van der Waals surface area contributed by atoms with E-state index in [1.54, 1.807) is 19.2 Å². The van der Waals surface area contributed by atoms with Crippen molar-refractivity contribution in [3.05, 3.63) is 82.5 Å². The van der Waals surface area contributed by atoms with Crippen molar-refractivity contribution in [1.82, 2.24) is 9.55 Å². The summed E-state index contributed by atoms with van der Waals surface area (Å²) in [7, 11) is 4.65. The van der Waals surface area contributed by atoms with Crippen LogP contribution in [-0.2, 0) is 4.79 Å². The summed E-state index contributed by atoms with van der Waals surface area (Å²) < 4.78 is 18.3. The van der Waals surface area contributed by atoms with E-state index < -0.39 is 6.04 Å². The lowest BCUT2D eigenvalue weighted by molar-refractivity contribution is -0.113. The fraction of sp³-hybridized carbons (Fsp3) is 0.185. The molecule has 184 valence electrons. The van der Waals surface area contributed by atoms with Crippen LogP contribution in [0.3, 0.4) is 0 Å². The number of rotatable bonds is 6. The largest absolute Gasteiger partial charge is 0.497 e. The van der Waals surface area contributed by atoms with E-state index in [0.29, 0.717) is 45.2 Å². The van der Waals surface area contributed by atoms with Crippen LogP contribution >= 0.6 is 11.6 Å². The Morgan fingerprint density at radius 3 is 2.53 bits per heavy atom. The first-order valence-electron chi connectivity index (χ1n) is 11.3. The number of fused-ring (bicyclic) bond motifs is 3. The third kappa shape index (κ3) is 3.99. The lowest BCUT2D eigenvalue weighted by Gasteiger charge is -2.31. The van der Waals surface area contributed by atoms with Crippen LogP contribution in [0.1, 0.15) is 18.5 Å². The molecule has 0 saturated carbocycles. The van der Waals surface area contributed by atoms with Gasteiger partial charge in [-0.15, -0.1) is 0 Å². The van der Waals surface area contributed by atoms with Crippen molar-refractivity contribution < 1.29 is 19.0 Å². The zero-order valence-corrected chi connectivity index (χ0v) is 21.0. The van der Waals surface area contributed by atoms with Gasteiger partial charge in [0.25, 0.3) is 5.91 Å². The van der Waals surface area contributed by atoms with E-state index in [9.17, 15) is 4.79 Å². The molecule has 1 aliphatic rings. The van der Waals surface area contributed by atoms with Crippen LogP contribution in [0.4, 0.5) is 11.6 Å². The minimum atomic E-state index is -0.469. The third-order valence-corrected chi connectivity index (χ3v) is 6.50. The van der Waals surface area contributed by atoms with Gasteiger partial charge in [-0.05, 0) is 36.8 Å². The van der Waals surface area contributed by atoms with E-state index in [1.165, 1.54) is 14.2 Å². The number of allylic oxidation sites excluding steroid dienone is 1. The molecule has 0 saturated heterocycles. The highest BCUT2D eigenvalue weighted by molar-refractivity contribution is 6.32. The highest BCUT2D eigenvalue weighted by atomic mass is 35.5. The van der Waals surface area contributed by atoms with Gasteiger partial charge < -0.3 is 24.8 Å². The predicted octanol–water partition coefficient (Wildman–Crippen LogP) is 5.64. The van der Waals surface area contributed by atoms with Crippen molar-refractivity contribution in [1.29, 1.82) is 0 Å². The number of halogens is 1. The van der Waals surface area contributed by atoms with Crippen molar-refractivity contribution in [2.45, 2.75) is 13.0 Å². The lowest BCUT2D eigenvalue weighted by Crippen LogP contribution is -2.31. The number of imidazole rings is 1. The molecule has 0 fully saturated rings. The summed E-state index contributed by atoms with van der Waals surface area (Å²) in [5.41, 5.74) is 4.25. The standard InChI is InChI=1S/C27H25ClN4O4/c1-15-24(26(33)30-20-14-22(35-3)18(28)13-23(20)36-4)25(16-8-7-9-17(12-16)34-2)32-21-11-6-5-10-19(21)31-27(32)29-15/h5-14,25H,1-4H3,(H,29,31)(H,30,33)/t25-/m1/s1. The van der Waals surface area contributed by atoms with Crippen LogP contribution in [-0.4, -0.2) is 36.8 Å². The number of nitrogens with zero attached hydrogens (tertiary/aromatic N) is 2. The van der Waals surface area contributed by atoms with Gasteiger partial charge in [0, 0.05) is 17.8 Å². The number of carbonyl (C=O) groups is 1. The summed E-state index contributed by atoms with van der Waals surface area (Å²) in [6.45, 7) is 1.87. The molecule has 36 heavy (non-hydrogen) atoms. The van der Waals surface area contributed by atoms with E-state index in [0.717, 1.165) is 16.6 Å². The van der Waals surface area contributed by atoms with Crippen molar-refractivity contribution >= 4 is 40.2 Å². The summed E-state index contributed by atoms with van der Waals surface area (Å²) in [6.07, 6.45) is 0. The molecule has 0 aliphatic carbocycles. The SMILES string of the molecule is COc1cccc([C@@H]2C(C(=O)Nc3cc(OC)c(Cl)cc3OC)=C(C)Nc3nc4ccccc4n32)c1. The van der Waals surface area contributed by atoms with Gasteiger partial charge in [-0.1, -0.05) is 35.9 Å². The average Bonchev–Trinajstić information content (AvgIpc) is 3.26. The van der Waals surface area contributed by atoms with Gasteiger partial charge >= 0.3 is 0 Å². The topological polar surface area (TPSA) is 86.6 Å². The van der Waals surface area contributed by atoms with E-state index in [4.69, 9.17) is 30.8 Å². The second kappa shape index (κ2) is 9.47. The summed E-state index contributed by atoms with van der Waals surface area (Å²) in [5, 5.41) is 6.69. The maximum Gasteiger partial charge on any atom is 0.255 e. The highest BCUT2D eigenvalue weighted by Crippen LogP contribution is 2.41. The Balaban J connectivity index is 1.65. The second-order valence-corrected chi connectivity index (χ2v) is 8.69. The third-order valence-electron chi connectivity index (χ3n) is 6.21. The molecular formula is C27H25ClN4O4. The predicted molar refractivity (Wildman–Crippen MR) is 140 cm³/mol. The number of amides is 1. The molecule has 1 amide bonds. The Morgan fingerprint density at radius 1 is 1.00 bits per heavy atom. The van der Waals surface area contributed by atoms with Gasteiger partial charge in [0.1, 0.15) is 17.2 Å². The van der Waals surface area contributed by atoms with Crippen LogP contribution in [0.25, 0.3) is 11.0 Å². The monoisotopic (exact) mass is 504 g/mol. The number of methoxy groups -OCH3 is 3. The molecule has 1 aromatic heterocycles. The average molecular weight is 505 g/mol. The van der Waals surface area contributed by atoms with Gasteiger partial charge in [0.15, 0.2) is 0 Å². The van der Waals surface area contributed by atoms with E-state index in [2.05, 4.69) is 10.6 Å². The van der Waals surface area contributed by atoms with Crippen molar-refractivity contribution in [2.24, 2.45) is 0 Å². The van der Waals surface area contributed by atoms with Crippen LogP contribution < -0.4 is 24.8 Å². The molecule has 0 spiro atoms. The molecule has 8 nitrogen and oxygen atoms in total.